The van der Waals surface area contributed by atoms with Crippen LogP contribution in [0.1, 0.15) is 19.3 Å². The summed E-state index contributed by atoms with van der Waals surface area (Å²) >= 11 is -0.363. The molecule has 1 aromatic carbocycles. The molecule has 1 atom stereocenters. The molecular formula is C11H12AsNO. The van der Waals surface area contributed by atoms with Gasteiger partial charge in [0, 0.05) is 0 Å². The van der Waals surface area contributed by atoms with Crippen LogP contribution in [0.15, 0.2) is 24.3 Å². The molecule has 1 aliphatic carbocycles. The van der Waals surface area contributed by atoms with E-state index in [9.17, 15) is 0 Å². The topological polar surface area (TPSA) is 44.0 Å². The summed E-state index contributed by atoms with van der Waals surface area (Å²) in [6.45, 7) is 0. The summed E-state index contributed by atoms with van der Waals surface area (Å²) in [6, 6.07) is 9.80. The molecule has 0 bridgehead atoms. The van der Waals surface area contributed by atoms with Crippen LogP contribution < -0.4 is 4.35 Å². The SMILES string of the molecule is N#CC1([AsH]c2ccc(O)cc2)CCC1. The first-order valence-electron chi connectivity index (χ1n) is 4.73. The predicted molar refractivity (Wildman–Crippen MR) is 57.0 cm³/mol. The number of aromatic hydroxyl groups is 1. The van der Waals surface area contributed by atoms with E-state index in [-0.39, 0.29) is 20.0 Å². The molecule has 0 aromatic heterocycles. The van der Waals surface area contributed by atoms with Crippen LogP contribution in [0.3, 0.4) is 0 Å². The Kier molecular flexibility index (Phi) is 2.52. The Labute approximate surface area is 90.2 Å². The molecule has 0 spiro atoms. The van der Waals surface area contributed by atoms with E-state index in [1.54, 1.807) is 12.1 Å². The van der Waals surface area contributed by atoms with E-state index in [0.717, 1.165) is 12.8 Å². The van der Waals surface area contributed by atoms with Crippen molar-refractivity contribution in [3.8, 4) is 11.8 Å². The van der Waals surface area contributed by atoms with Crippen LogP contribution in [0.5, 0.6) is 5.75 Å². The molecule has 1 saturated carbocycles. The zero-order chi connectivity index (χ0) is 10.0. The van der Waals surface area contributed by atoms with Crippen molar-refractivity contribution < 1.29 is 5.11 Å². The van der Waals surface area contributed by atoms with Gasteiger partial charge in [-0.1, -0.05) is 0 Å². The molecule has 14 heavy (non-hydrogen) atoms. The van der Waals surface area contributed by atoms with E-state index in [1.165, 1.54) is 10.8 Å². The van der Waals surface area contributed by atoms with Gasteiger partial charge in [-0.2, -0.15) is 0 Å². The summed E-state index contributed by atoms with van der Waals surface area (Å²) in [6.07, 6.45) is 3.35. The second-order valence-corrected chi connectivity index (χ2v) is 7.46. The summed E-state index contributed by atoms with van der Waals surface area (Å²) in [5.41, 5.74) is 0. The number of phenolic OH excluding ortho intramolecular Hbond substituents is 1. The molecule has 2 nitrogen and oxygen atoms in total. The third-order valence-electron chi connectivity index (χ3n) is 2.67. The molecule has 0 heterocycles. The van der Waals surface area contributed by atoms with Gasteiger partial charge in [0.1, 0.15) is 0 Å². The minimum absolute atomic E-state index is 0.0109. The zero-order valence-corrected chi connectivity index (χ0v) is 9.92. The number of hydrogen-bond donors (Lipinski definition) is 1. The Morgan fingerprint density at radius 1 is 1.29 bits per heavy atom. The van der Waals surface area contributed by atoms with Gasteiger partial charge in [0.15, 0.2) is 0 Å². The summed E-state index contributed by atoms with van der Waals surface area (Å²) in [4.78, 5) is 0. The summed E-state index contributed by atoms with van der Waals surface area (Å²) < 4.78 is 1.28. The third kappa shape index (κ3) is 1.79. The Hall–Kier alpha value is -0.932. The van der Waals surface area contributed by atoms with E-state index in [1.807, 2.05) is 12.1 Å². The van der Waals surface area contributed by atoms with Gasteiger partial charge in [-0.05, 0) is 0 Å². The molecule has 0 saturated heterocycles. The van der Waals surface area contributed by atoms with Gasteiger partial charge in [-0.3, -0.25) is 0 Å². The number of nitriles is 1. The van der Waals surface area contributed by atoms with Crippen LogP contribution in [0.4, 0.5) is 0 Å². The molecule has 1 fully saturated rings. The van der Waals surface area contributed by atoms with Crippen molar-refractivity contribution in [2.24, 2.45) is 0 Å². The van der Waals surface area contributed by atoms with Crippen LogP contribution in [-0.2, 0) is 0 Å². The van der Waals surface area contributed by atoms with E-state index in [2.05, 4.69) is 6.07 Å². The molecule has 1 aliphatic rings. The van der Waals surface area contributed by atoms with Crippen molar-refractivity contribution in [1.29, 1.82) is 5.26 Å². The molecule has 1 N–H and O–H groups in total. The predicted octanol–water partition coefficient (Wildman–Crippen LogP) is 1.32. The Balaban J connectivity index is 2.11. The third-order valence-corrected chi connectivity index (χ3v) is 6.26. The fraction of sp³-hybridized carbons (Fsp3) is 0.364. The summed E-state index contributed by atoms with van der Waals surface area (Å²) in [5, 5.41) is 18.2. The number of phenols is 1. The molecule has 0 radical (unpaired) electrons. The average molecular weight is 249 g/mol. The Bertz CT molecular complexity index is 362. The Morgan fingerprint density at radius 3 is 2.36 bits per heavy atom. The van der Waals surface area contributed by atoms with Crippen molar-refractivity contribution in [2.75, 3.05) is 0 Å². The number of rotatable bonds is 2. The second-order valence-electron chi connectivity index (χ2n) is 3.72. The van der Waals surface area contributed by atoms with Gasteiger partial charge in [-0.15, -0.1) is 0 Å². The van der Waals surface area contributed by atoms with Crippen LogP contribution in [0.25, 0.3) is 0 Å². The van der Waals surface area contributed by atoms with Crippen LogP contribution in [0, 0.1) is 11.3 Å². The van der Waals surface area contributed by atoms with E-state index in [0.29, 0.717) is 5.75 Å². The fourth-order valence-electron chi connectivity index (χ4n) is 1.62. The quantitative estimate of drug-likeness (QED) is 0.803. The maximum atomic E-state index is 9.13. The van der Waals surface area contributed by atoms with Gasteiger partial charge >= 0.3 is 90.0 Å². The number of hydrogen-bond acceptors (Lipinski definition) is 2. The number of nitrogens with zero attached hydrogens (tertiary/aromatic N) is 1. The van der Waals surface area contributed by atoms with Gasteiger partial charge in [0.05, 0.1) is 0 Å². The standard InChI is InChI=1S/C11H12AsNO/c13-8-11(6-1-7-11)12-9-2-4-10(14)5-3-9/h2-5,12,14H,1,6-7H2. The van der Waals surface area contributed by atoms with Crippen molar-refractivity contribution in [3.63, 3.8) is 0 Å². The van der Waals surface area contributed by atoms with Crippen LogP contribution in [0.2, 0.25) is 4.20 Å². The normalized spacial score (nSPS) is 19.1. The minimum atomic E-state index is -0.363. The number of benzene rings is 1. The molecule has 0 amide bonds. The first-order valence-corrected chi connectivity index (χ1v) is 6.82. The monoisotopic (exact) mass is 249 g/mol. The summed E-state index contributed by atoms with van der Waals surface area (Å²) in [7, 11) is 0. The molecule has 1 aromatic rings. The van der Waals surface area contributed by atoms with Gasteiger partial charge in [0.2, 0.25) is 0 Å². The molecular weight excluding hydrogens is 237 g/mol. The van der Waals surface area contributed by atoms with Crippen LogP contribution >= 0.6 is 0 Å². The molecule has 2 rings (SSSR count). The first kappa shape index (κ1) is 9.62. The van der Waals surface area contributed by atoms with Crippen molar-refractivity contribution in [2.45, 2.75) is 23.5 Å². The molecule has 3 heteroatoms. The zero-order valence-electron chi connectivity index (χ0n) is 7.83. The van der Waals surface area contributed by atoms with Crippen LogP contribution in [-0.4, -0.2) is 20.9 Å². The van der Waals surface area contributed by atoms with E-state index >= 15 is 0 Å². The van der Waals surface area contributed by atoms with Gasteiger partial charge < -0.3 is 0 Å². The van der Waals surface area contributed by atoms with Gasteiger partial charge in [0.25, 0.3) is 0 Å². The maximum absolute atomic E-state index is 9.13. The average Bonchev–Trinajstić information content (AvgIpc) is 2.15. The second kappa shape index (κ2) is 3.67. The molecule has 72 valence electrons. The first-order chi connectivity index (χ1) is 6.74. The summed E-state index contributed by atoms with van der Waals surface area (Å²) in [5.74, 6) is 0.306. The van der Waals surface area contributed by atoms with E-state index < -0.39 is 0 Å². The fourth-order valence-corrected chi connectivity index (χ4v) is 4.86. The van der Waals surface area contributed by atoms with Crippen molar-refractivity contribution in [1.82, 2.24) is 0 Å². The van der Waals surface area contributed by atoms with Gasteiger partial charge in [-0.25, -0.2) is 0 Å². The van der Waals surface area contributed by atoms with Crippen molar-refractivity contribution >= 4 is 20.1 Å². The Morgan fingerprint density at radius 2 is 1.93 bits per heavy atom. The van der Waals surface area contributed by atoms with E-state index in [4.69, 9.17) is 10.4 Å². The van der Waals surface area contributed by atoms with Crippen molar-refractivity contribution in [3.05, 3.63) is 24.3 Å². The molecule has 1 unspecified atom stereocenters. The molecule has 0 aliphatic heterocycles.